The highest BCUT2D eigenvalue weighted by atomic mass is 16.5. The third-order valence-corrected chi connectivity index (χ3v) is 3.30. The molecule has 0 aliphatic rings. The smallest absolute Gasteiger partial charge is 0.306 e. The minimum absolute atomic E-state index is 0.0888. The summed E-state index contributed by atoms with van der Waals surface area (Å²) in [6.45, 7) is 6.35. The highest BCUT2D eigenvalue weighted by Gasteiger charge is 2.30. The van der Waals surface area contributed by atoms with Gasteiger partial charge in [-0.15, -0.1) is 0 Å². The predicted molar refractivity (Wildman–Crippen MR) is 65.3 cm³/mol. The molecule has 0 aromatic heterocycles. The number of carbonyl (C=O) groups is 1. The molecule has 0 fully saturated rings. The van der Waals surface area contributed by atoms with Crippen LogP contribution in [0.2, 0.25) is 0 Å². The van der Waals surface area contributed by atoms with E-state index in [4.69, 9.17) is 4.74 Å². The molecule has 0 aliphatic heterocycles. The summed E-state index contributed by atoms with van der Waals surface area (Å²) >= 11 is 0. The molecule has 1 atom stereocenters. The zero-order valence-electron chi connectivity index (χ0n) is 10.5. The van der Waals surface area contributed by atoms with Crippen LogP contribution in [-0.4, -0.2) is 13.1 Å². The average molecular weight is 220 g/mol. The molecule has 2 nitrogen and oxygen atoms in total. The van der Waals surface area contributed by atoms with Gasteiger partial charge in [-0.3, -0.25) is 4.79 Å². The van der Waals surface area contributed by atoms with E-state index in [0.29, 0.717) is 12.3 Å². The van der Waals surface area contributed by atoms with E-state index in [-0.39, 0.29) is 11.4 Å². The molecule has 88 valence electrons. The zero-order chi connectivity index (χ0) is 12.2. The Morgan fingerprint density at radius 1 is 1.31 bits per heavy atom. The van der Waals surface area contributed by atoms with E-state index in [9.17, 15) is 4.79 Å². The summed E-state index contributed by atoms with van der Waals surface area (Å²) in [6.07, 6.45) is 0.444. The molecule has 0 N–H and O–H groups in total. The van der Waals surface area contributed by atoms with Crippen LogP contribution in [-0.2, 0) is 9.53 Å². The van der Waals surface area contributed by atoms with Crippen LogP contribution in [0.25, 0.3) is 0 Å². The van der Waals surface area contributed by atoms with Crippen molar-refractivity contribution in [3.8, 4) is 0 Å². The summed E-state index contributed by atoms with van der Waals surface area (Å²) in [4.78, 5) is 11.3. The van der Waals surface area contributed by atoms with E-state index in [1.54, 1.807) is 0 Å². The van der Waals surface area contributed by atoms with Gasteiger partial charge in [-0.1, -0.05) is 51.1 Å². The van der Waals surface area contributed by atoms with Crippen molar-refractivity contribution in [2.24, 2.45) is 5.41 Å². The van der Waals surface area contributed by atoms with Gasteiger partial charge in [0.25, 0.3) is 0 Å². The molecule has 1 rings (SSSR count). The molecule has 1 unspecified atom stereocenters. The number of esters is 1. The van der Waals surface area contributed by atoms with Crippen LogP contribution in [0.5, 0.6) is 0 Å². The minimum Gasteiger partial charge on any atom is -0.469 e. The Hall–Kier alpha value is -1.31. The highest BCUT2D eigenvalue weighted by molar-refractivity contribution is 5.70. The molecule has 0 aliphatic carbocycles. The lowest BCUT2D eigenvalue weighted by atomic mass is 9.74. The first-order valence-corrected chi connectivity index (χ1v) is 5.59. The van der Waals surface area contributed by atoms with Gasteiger partial charge in [-0.25, -0.2) is 0 Å². The Morgan fingerprint density at radius 3 is 2.38 bits per heavy atom. The van der Waals surface area contributed by atoms with E-state index >= 15 is 0 Å². The van der Waals surface area contributed by atoms with Crippen LogP contribution in [0.15, 0.2) is 30.3 Å². The van der Waals surface area contributed by atoms with Crippen molar-refractivity contribution in [3.63, 3.8) is 0 Å². The molecule has 16 heavy (non-hydrogen) atoms. The van der Waals surface area contributed by atoms with Crippen molar-refractivity contribution < 1.29 is 9.53 Å². The molecule has 0 amide bonds. The summed E-state index contributed by atoms with van der Waals surface area (Å²) in [5.41, 5.74) is 1.17. The van der Waals surface area contributed by atoms with Gasteiger partial charge in [0, 0.05) is 0 Å². The van der Waals surface area contributed by atoms with Crippen molar-refractivity contribution in [2.75, 3.05) is 7.11 Å². The second-order valence-electron chi connectivity index (χ2n) is 4.87. The van der Waals surface area contributed by atoms with E-state index in [2.05, 4.69) is 32.9 Å². The number of ether oxygens (including phenoxy) is 1. The quantitative estimate of drug-likeness (QED) is 0.727. The van der Waals surface area contributed by atoms with Crippen molar-refractivity contribution in [1.82, 2.24) is 0 Å². The number of methoxy groups -OCH3 is 1. The van der Waals surface area contributed by atoms with Gasteiger partial charge in [-0.2, -0.15) is 0 Å². The molecule has 2 heteroatoms. The van der Waals surface area contributed by atoms with Gasteiger partial charge in [0.1, 0.15) is 0 Å². The molecule has 0 saturated heterocycles. The normalized spacial score (nSPS) is 13.2. The predicted octanol–water partition coefficient (Wildman–Crippen LogP) is 3.38. The van der Waals surface area contributed by atoms with Gasteiger partial charge in [0.05, 0.1) is 13.5 Å². The summed E-state index contributed by atoms with van der Waals surface area (Å²) < 4.78 is 4.73. The van der Waals surface area contributed by atoms with Crippen LogP contribution in [0.3, 0.4) is 0 Å². The molecular formula is C14H20O2. The van der Waals surface area contributed by atoms with Gasteiger partial charge >= 0.3 is 5.97 Å². The Labute approximate surface area is 97.6 Å². The molecular weight excluding hydrogens is 200 g/mol. The molecule has 0 saturated carbocycles. The Morgan fingerprint density at radius 2 is 1.88 bits per heavy atom. The lowest BCUT2D eigenvalue weighted by Crippen LogP contribution is -2.24. The second kappa shape index (κ2) is 5.15. The zero-order valence-corrected chi connectivity index (χ0v) is 10.5. The largest absolute Gasteiger partial charge is 0.469 e. The minimum atomic E-state index is -0.146. The monoisotopic (exact) mass is 220 g/mol. The summed E-state index contributed by atoms with van der Waals surface area (Å²) in [7, 11) is 1.44. The first-order chi connectivity index (χ1) is 7.47. The molecule has 1 aromatic carbocycles. The first-order valence-electron chi connectivity index (χ1n) is 5.59. The van der Waals surface area contributed by atoms with E-state index < -0.39 is 0 Å². The topological polar surface area (TPSA) is 26.3 Å². The van der Waals surface area contributed by atoms with Gasteiger partial charge in [-0.05, 0) is 16.9 Å². The van der Waals surface area contributed by atoms with E-state index in [0.717, 1.165) is 0 Å². The molecule has 0 heterocycles. The third kappa shape index (κ3) is 3.09. The van der Waals surface area contributed by atoms with Crippen molar-refractivity contribution >= 4 is 5.97 Å². The van der Waals surface area contributed by atoms with Crippen molar-refractivity contribution in [2.45, 2.75) is 33.1 Å². The maximum Gasteiger partial charge on any atom is 0.306 e. The number of hydrogen-bond donors (Lipinski definition) is 0. The molecule has 0 spiro atoms. The number of rotatable bonds is 4. The van der Waals surface area contributed by atoms with Crippen LogP contribution >= 0.6 is 0 Å². The SMILES string of the molecule is COC(=O)CC(C)(C)C(C)c1ccccc1. The van der Waals surface area contributed by atoms with Gasteiger partial charge in [0.2, 0.25) is 0 Å². The summed E-state index contributed by atoms with van der Waals surface area (Å²) in [5.74, 6) is 0.181. The van der Waals surface area contributed by atoms with Crippen molar-refractivity contribution in [1.29, 1.82) is 0 Å². The van der Waals surface area contributed by atoms with E-state index in [1.165, 1.54) is 12.7 Å². The van der Waals surface area contributed by atoms with Crippen molar-refractivity contribution in [3.05, 3.63) is 35.9 Å². The fourth-order valence-electron chi connectivity index (χ4n) is 1.79. The van der Waals surface area contributed by atoms with Gasteiger partial charge < -0.3 is 4.74 Å². The fourth-order valence-corrected chi connectivity index (χ4v) is 1.79. The standard InChI is InChI=1S/C14H20O2/c1-11(12-8-6-5-7-9-12)14(2,3)10-13(15)16-4/h5-9,11H,10H2,1-4H3. The van der Waals surface area contributed by atoms with Gasteiger partial charge in [0.15, 0.2) is 0 Å². The van der Waals surface area contributed by atoms with Crippen LogP contribution < -0.4 is 0 Å². The number of carbonyl (C=O) groups excluding carboxylic acids is 1. The molecule has 1 aromatic rings. The Bertz CT molecular complexity index is 341. The maximum absolute atomic E-state index is 11.3. The van der Waals surface area contributed by atoms with E-state index in [1.807, 2.05) is 18.2 Å². The lowest BCUT2D eigenvalue weighted by molar-refractivity contribution is -0.143. The van der Waals surface area contributed by atoms with Crippen LogP contribution in [0.4, 0.5) is 0 Å². The van der Waals surface area contributed by atoms with Crippen LogP contribution in [0.1, 0.15) is 38.7 Å². The maximum atomic E-state index is 11.3. The summed E-state index contributed by atoms with van der Waals surface area (Å²) in [5, 5.41) is 0. The Kier molecular flexibility index (Phi) is 4.11. The first kappa shape index (κ1) is 12.8. The fraction of sp³-hybridized carbons (Fsp3) is 0.500. The second-order valence-corrected chi connectivity index (χ2v) is 4.87. The Balaban J connectivity index is 2.79. The highest BCUT2D eigenvalue weighted by Crippen LogP contribution is 2.38. The lowest BCUT2D eigenvalue weighted by Gasteiger charge is -2.31. The summed E-state index contributed by atoms with van der Waals surface area (Å²) in [6, 6.07) is 10.3. The average Bonchev–Trinajstić information content (AvgIpc) is 2.28. The third-order valence-electron chi connectivity index (χ3n) is 3.30. The number of benzene rings is 1. The number of hydrogen-bond acceptors (Lipinski definition) is 2. The molecule has 0 radical (unpaired) electrons. The molecule has 0 bridgehead atoms. The van der Waals surface area contributed by atoms with Crippen LogP contribution in [0, 0.1) is 5.41 Å².